The maximum Gasteiger partial charge on any atom is 0.123 e. The lowest BCUT2D eigenvalue weighted by Gasteiger charge is -2.19. The van der Waals surface area contributed by atoms with Crippen LogP contribution in [0, 0.1) is 12.7 Å². The van der Waals surface area contributed by atoms with Crippen molar-refractivity contribution in [2.45, 2.75) is 19.9 Å². The molecule has 5 heteroatoms. The summed E-state index contributed by atoms with van der Waals surface area (Å²) in [5.74, 6) is -0.288. The number of hydrogen-bond acceptors (Lipinski definition) is 2. The second kappa shape index (κ2) is 5.72. The number of halogens is 2. The zero-order valence-corrected chi connectivity index (χ0v) is 12.0. The molecule has 0 radical (unpaired) electrons. The van der Waals surface area contributed by atoms with Crippen molar-refractivity contribution < 1.29 is 4.39 Å². The number of nitrogens with zero attached hydrogens (tertiary/aromatic N) is 2. The van der Waals surface area contributed by atoms with Crippen molar-refractivity contribution in [3.8, 4) is 0 Å². The lowest BCUT2D eigenvalue weighted by Crippen LogP contribution is -2.22. The molecule has 0 saturated heterocycles. The van der Waals surface area contributed by atoms with E-state index in [1.54, 1.807) is 10.7 Å². The van der Waals surface area contributed by atoms with Crippen molar-refractivity contribution in [1.29, 1.82) is 0 Å². The van der Waals surface area contributed by atoms with Crippen LogP contribution >= 0.6 is 11.6 Å². The number of hydrogen-bond donors (Lipinski definition) is 1. The third kappa shape index (κ3) is 2.96. The minimum atomic E-state index is -0.288. The van der Waals surface area contributed by atoms with E-state index < -0.39 is 0 Å². The predicted octanol–water partition coefficient (Wildman–Crippen LogP) is 3.22. The molecule has 0 spiro atoms. The van der Waals surface area contributed by atoms with E-state index in [2.05, 4.69) is 10.4 Å². The molecule has 2 aromatic rings. The fourth-order valence-corrected chi connectivity index (χ4v) is 2.46. The maximum absolute atomic E-state index is 13.5. The van der Waals surface area contributed by atoms with Gasteiger partial charge in [0.1, 0.15) is 5.82 Å². The molecular formula is C14H17ClFN3. The summed E-state index contributed by atoms with van der Waals surface area (Å²) in [5.41, 5.74) is 2.66. The third-order valence-corrected chi connectivity index (χ3v) is 3.38. The highest BCUT2D eigenvalue weighted by Gasteiger charge is 2.20. The minimum Gasteiger partial charge on any atom is -0.306 e. The average molecular weight is 282 g/mol. The standard InChI is InChI=1S/C14H17ClFN3/c1-4-17-14(12-8-19(3)18-9(12)2)11-7-10(16)5-6-13(11)15/h5-8,14,17H,4H2,1-3H3. The van der Waals surface area contributed by atoms with Crippen molar-refractivity contribution in [3.05, 3.63) is 52.1 Å². The summed E-state index contributed by atoms with van der Waals surface area (Å²) in [6.45, 7) is 4.70. The van der Waals surface area contributed by atoms with Crippen molar-refractivity contribution in [2.24, 2.45) is 7.05 Å². The van der Waals surface area contributed by atoms with E-state index in [1.165, 1.54) is 12.1 Å². The Labute approximate surface area is 117 Å². The molecule has 0 amide bonds. The van der Waals surface area contributed by atoms with Gasteiger partial charge in [0.2, 0.25) is 0 Å². The van der Waals surface area contributed by atoms with E-state index >= 15 is 0 Å². The van der Waals surface area contributed by atoms with Crippen LogP contribution in [0.4, 0.5) is 4.39 Å². The second-order valence-corrected chi connectivity index (χ2v) is 4.91. The number of nitrogens with one attached hydrogen (secondary N) is 1. The second-order valence-electron chi connectivity index (χ2n) is 4.50. The van der Waals surface area contributed by atoms with Gasteiger partial charge < -0.3 is 5.32 Å². The van der Waals surface area contributed by atoms with E-state index in [-0.39, 0.29) is 11.9 Å². The highest BCUT2D eigenvalue weighted by molar-refractivity contribution is 6.31. The fourth-order valence-electron chi connectivity index (χ4n) is 2.23. The molecule has 0 fully saturated rings. The molecule has 1 heterocycles. The number of aromatic nitrogens is 2. The van der Waals surface area contributed by atoms with E-state index in [1.807, 2.05) is 27.1 Å². The molecule has 19 heavy (non-hydrogen) atoms. The lowest BCUT2D eigenvalue weighted by atomic mass is 9.99. The monoisotopic (exact) mass is 281 g/mol. The fraction of sp³-hybridized carbons (Fsp3) is 0.357. The van der Waals surface area contributed by atoms with Crippen molar-refractivity contribution in [2.75, 3.05) is 6.54 Å². The van der Waals surface area contributed by atoms with Gasteiger partial charge in [-0.25, -0.2) is 4.39 Å². The first kappa shape index (κ1) is 14.0. The summed E-state index contributed by atoms with van der Waals surface area (Å²) >= 11 is 6.20. The lowest BCUT2D eigenvalue weighted by molar-refractivity contribution is 0.602. The topological polar surface area (TPSA) is 29.9 Å². The first-order chi connectivity index (χ1) is 9.02. The van der Waals surface area contributed by atoms with Gasteiger partial charge in [-0.1, -0.05) is 18.5 Å². The average Bonchev–Trinajstić information content (AvgIpc) is 2.69. The molecule has 0 saturated carbocycles. The normalized spacial score (nSPS) is 12.7. The quantitative estimate of drug-likeness (QED) is 0.932. The first-order valence-corrected chi connectivity index (χ1v) is 6.59. The van der Waals surface area contributed by atoms with Crippen LogP contribution in [0.1, 0.15) is 29.8 Å². The number of rotatable bonds is 4. The molecule has 1 aromatic heterocycles. The number of aryl methyl sites for hydroxylation is 2. The molecule has 1 atom stereocenters. The summed E-state index contributed by atoms with van der Waals surface area (Å²) in [7, 11) is 1.87. The summed E-state index contributed by atoms with van der Waals surface area (Å²) < 4.78 is 15.2. The third-order valence-electron chi connectivity index (χ3n) is 3.04. The van der Waals surface area contributed by atoms with Crippen LogP contribution in [-0.2, 0) is 7.05 Å². The van der Waals surface area contributed by atoms with E-state index in [0.717, 1.165) is 23.4 Å². The van der Waals surface area contributed by atoms with Gasteiger partial charge in [0, 0.05) is 23.8 Å². The van der Waals surface area contributed by atoms with Crippen LogP contribution in [0.5, 0.6) is 0 Å². The Balaban J connectivity index is 2.51. The van der Waals surface area contributed by atoms with E-state index in [4.69, 9.17) is 11.6 Å². The Morgan fingerprint density at radius 1 is 1.42 bits per heavy atom. The maximum atomic E-state index is 13.5. The molecular weight excluding hydrogens is 265 g/mol. The van der Waals surface area contributed by atoms with Gasteiger partial charge in [-0.15, -0.1) is 0 Å². The van der Waals surface area contributed by atoms with Crippen LogP contribution in [-0.4, -0.2) is 16.3 Å². The summed E-state index contributed by atoms with van der Waals surface area (Å²) in [6, 6.07) is 4.27. The van der Waals surface area contributed by atoms with Crippen LogP contribution in [0.3, 0.4) is 0 Å². The SMILES string of the molecule is CCNC(c1cc(F)ccc1Cl)c1cn(C)nc1C. The van der Waals surface area contributed by atoms with Crippen molar-refractivity contribution >= 4 is 11.6 Å². The molecule has 1 N–H and O–H groups in total. The molecule has 1 aromatic carbocycles. The largest absolute Gasteiger partial charge is 0.306 e. The first-order valence-electron chi connectivity index (χ1n) is 6.21. The van der Waals surface area contributed by atoms with Gasteiger partial charge in [0.15, 0.2) is 0 Å². The molecule has 102 valence electrons. The summed E-state index contributed by atoms with van der Waals surface area (Å²) in [4.78, 5) is 0. The van der Waals surface area contributed by atoms with E-state index in [9.17, 15) is 4.39 Å². The van der Waals surface area contributed by atoms with Crippen LogP contribution < -0.4 is 5.32 Å². The van der Waals surface area contributed by atoms with Crippen molar-refractivity contribution in [3.63, 3.8) is 0 Å². The molecule has 0 aliphatic carbocycles. The molecule has 3 nitrogen and oxygen atoms in total. The van der Waals surface area contributed by atoms with Gasteiger partial charge in [-0.05, 0) is 37.2 Å². The van der Waals surface area contributed by atoms with Crippen LogP contribution in [0.25, 0.3) is 0 Å². The van der Waals surface area contributed by atoms with Crippen LogP contribution in [0.2, 0.25) is 5.02 Å². The Hall–Kier alpha value is -1.39. The molecule has 0 bridgehead atoms. The molecule has 1 unspecified atom stereocenters. The van der Waals surface area contributed by atoms with Gasteiger partial charge in [0.25, 0.3) is 0 Å². The van der Waals surface area contributed by atoms with Gasteiger partial charge in [-0.3, -0.25) is 4.68 Å². The van der Waals surface area contributed by atoms with Crippen LogP contribution in [0.15, 0.2) is 24.4 Å². The predicted molar refractivity (Wildman–Crippen MR) is 74.9 cm³/mol. The zero-order valence-electron chi connectivity index (χ0n) is 11.2. The Kier molecular flexibility index (Phi) is 4.22. The molecule has 0 aliphatic heterocycles. The smallest absolute Gasteiger partial charge is 0.123 e. The zero-order chi connectivity index (χ0) is 14.0. The Morgan fingerprint density at radius 3 is 2.74 bits per heavy atom. The highest BCUT2D eigenvalue weighted by Crippen LogP contribution is 2.30. The van der Waals surface area contributed by atoms with Crippen molar-refractivity contribution in [1.82, 2.24) is 15.1 Å². The summed E-state index contributed by atoms with van der Waals surface area (Å²) in [5, 5.41) is 8.22. The van der Waals surface area contributed by atoms with Gasteiger partial charge in [-0.2, -0.15) is 5.10 Å². The molecule has 0 aliphatic rings. The van der Waals surface area contributed by atoms with E-state index in [0.29, 0.717) is 5.02 Å². The minimum absolute atomic E-state index is 0.151. The van der Waals surface area contributed by atoms with Gasteiger partial charge >= 0.3 is 0 Å². The molecule has 2 rings (SSSR count). The Bertz CT molecular complexity index is 580. The Morgan fingerprint density at radius 2 is 2.16 bits per heavy atom. The highest BCUT2D eigenvalue weighted by atomic mass is 35.5. The van der Waals surface area contributed by atoms with Gasteiger partial charge in [0.05, 0.1) is 11.7 Å². The number of benzene rings is 1. The summed E-state index contributed by atoms with van der Waals surface area (Å²) in [6.07, 6.45) is 1.93.